The first kappa shape index (κ1) is 14.6. The molecule has 1 aromatic heterocycles. The number of nitrogens with one attached hydrogen (secondary N) is 1. The molecule has 0 radical (unpaired) electrons. The zero-order valence-corrected chi connectivity index (χ0v) is 13.1. The van der Waals surface area contributed by atoms with Crippen LogP contribution >= 0.6 is 11.8 Å². The molecule has 0 aliphatic rings. The SMILES string of the molecule is CSc1ccc(NC(=O)Cc2cccc3cccnc23)cc1. The van der Waals surface area contributed by atoms with Crippen LogP contribution in [0.25, 0.3) is 10.9 Å². The number of carbonyl (C=O) groups is 1. The van der Waals surface area contributed by atoms with Crippen LogP contribution < -0.4 is 5.32 Å². The first-order valence-corrected chi connectivity index (χ1v) is 8.25. The molecule has 1 N–H and O–H groups in total. The molecule has 2 aromatic carbocycles. The lowest BCUT2D eigenvalue weighted by molar-refractivity contribution is -0.115. The number of benzene rings is 2. The van der Waals surface area contributed by atoms with Crippen molar-refractivity contribution in [3.8, 4) is 0 Å². The maximum absolute atomic E-state index is 12.2. The van der Waals surface area contributed by atoms with Gasteiger partial charge in [0.05, 0.1) is 11.9 Å². The Bertz CT molecular complexity index is 794. The molecule has 1 amide bonds. The summed E-state index contributed by atoms with van der Waals surface area (Å²) in [5, 5.41) is 3.98. The summed E-state index contributed by atoms with van der Waals surface area (Å²) in [6.45, 7) is 0. The van der Waals surface area contributed by atoms with Gasteiger partial charge in [-0.3, -0.25) is 9.78 Å². The average Bonchev–Trinajstić information content (AvgIpc) is 2.56. The van der Waals surface area contributed by atoms with Crippen LogP contribution in [0.4, 0.5) is 5.69 Å². The molecule has 0 aliphatic heterocycles. The summed E-state index contributed by atoms with van der Waals surface area (Å²) in [5.74, 6) is -0.0324. The van der Waals surface area contributed by atoms with Crippen molar-refractivity contribution < 1.29 is 4.79 Å². The van der Waals surface area contributed by atoms with Crippen LogP contribution in [0.3, 0.4) is 0 Å². The lowest BCUT2D eigenvalue weighted by Crippen LogP contribution is -2.14. The van der Waals surface area contributed by atoms with E-state index in [1.54, 1.807) is 18.0 Å². The highest BCUT2D eigenvalue weighted by Crippen LogP contribution is 2.19. The van der Waals surface area contributed by atoms with E-state index in [1.165, 1.54) is 4.90 Å². The van der Waals surface area contributed by atoms with Crippen molar-refractivity contribution in [3.05, 3.63) is 66.4 Å². The van der Waals surface area contributed by atoms with Gasteiger partial charge in [0.1, 0.15) is 0 Å². The molecule has 0 atom stereocenters. The summed E-state index contributed by atoms with van der Waals surface area (Å²) < 4.78 is 0. The molecule has 0 saturated heterocycles. The summed E-state index contributed by atoms with van der Waals surface area (Å²) in [6.07, 6.45) is 4.10. The minimum Gasteiger partial charge on any atom is -0.326 e. The number of hydrogen-bond acceptors (Lipinski definition) is 3. The first-order chi connectivity index (χ1) is 10.8. The van der Waals surface area contributed by atoms with Crippen LogP contribution in [0.15, 0.2) is 65.7 Å². The summed E-state index contributed by atoms with van der Waals surface area (Å²) in [5.41, 5.74) is 2.64. The predicted octanol–water partition coefficient (Wildman–Crippen LogP) is 4.14. The Morgan fingerprint density at radius 3 is 2.64 bits per heavy atom. The fourth-order valence-corrected chi connectivity index (χ4v) is 2.77. The number of nitrogens with zero attached hydrogens (tertiary/aromatic N) is 1. The van der Waals surface area contributed by atoms with Gasteiger partial charge in [-0.1, -0.05) is 24.3 Å². The standard InChI is InChI=1S/C18H16N2OS/c1-22-16-9-7-15(8-10-16)20-17(21)12-14-5-2-4-13-6-3-11-19-18(13)14/h2-11H,12H2,1H3,(H,20,21). The van der Waals surface area contributed by atoms with E-state index in [1.807, 2.05) is 60.9 Å². The van der Waals surface area contributed by atoms with E-state index in [0.29, 0.717) is 6.42 Å². The molecule has 3 aromatic rings. The normalized spacial score (nSPS) is 10.6. The second-order valence-corrected chi connectivity index (χ2v) is 5.83. The lowest BCUT2D eigenvalue weighted by atomic mass is 10.1. The van der Waals surface area contributed by atoms with Crippen LogP contribution in [0, 0.1) is 0 Å². The number of fused-ring (bicyclic) bond motifs is 1. The van der Waals surface area contributed by atoms with E-state index < -0.39 is 0 Å². The van der Waals surface area contributed by atoms with Gasteiger partial charge >= 0.3 is 0 Å². The molecule has 0 spiro atoms. The lowest BCUT2D eigenvalue weighted by Gasteiger charge is -2.08. The van der Waals surface area contributed by atoms with Gasteiger partial charge in [0.2, 0.25) is 5.91 Å². The predicted molar refractivity (Wildman–Crippen MR) is 92.3 cm³/mol. The quantitative estimate of drug-likeness (QED) is 0.737. The highest BCUT2D eigenvalue weighted by Gasteiger charge is 2.08. The fraction of sp³-hybridized carbons (Fsp3) is 0.111. The molecule has 0 unspecified atom stereocenters. The van der Waals surface area contributed by atoms with Crippen molar-refractivity contribution in [1.82, 2.24) is 4.98 Å². The van der Waals surface area contributed by atoms with Crippen LogP contribution in [0.2, 0.25) is 0 Å². The maximum atomic E-state index is 12.2. The minimum atomic E-state index is -0.0324. The summed E-state index contributed by atoms with van der Waals surface area (Å²) in [7, 11) is 0. The Morgan fingerprint density at radius 1 is 1.09 bits per heavy atom. The van der Waals surface area contributed by atoms with Gasteiger partial charge in [-0.05, 0) is 42.2 Å². The molecule has 0 bridgehead atoms. The molecule has 110 valence electrons. The Morgan fingerprint density at radius 2 is 1.86 bits per heavy atom. The maximum Gasteiger partial charge on any atom is 0.228 e. The number of carbonyl (C=O) groups excluding carboxylic acids is 1. The topological polar surface area (TPSA) is 42.0 Å². The van der Waals surface area contributed by atoms with Gasteiger partial charge in [-0.25, -0.2) is 0 Å². The van der Waals surface area contributed by atoms with Gasteiger partial charge in [-0.15, -0.1) is 11.8 Å². The van der Waals surface area contributed by atoms with Gasteiger partial charge in [0.15, 0.2) is 0 Å². The van der Waals surface area contributed by atoms with Crippen LogP contribution in [0.5, 0.6) is 0 Å². The van der Waals surface area contributed by atoms with Gasteiger partial charge in [0, 0.05) is 22.2 Å². The molecule has 4 heteroatoms. The van der Waals surface area contributed by atoms with Crippen molar-refractivity contribution in [2.24, 2.45) is 0 Å². The third-order valence-electron chi connectivity index (χ3n) is 3.44. The number of amides is 1. The van der Waals surface area contributed by atoms with E-state index >= 15 is 0 Å². The highest BCUT2D eigenvalue weighted by atomic mass is 32.2. The summed E-state index contributed by atoms with van der Waals surface area (Å²) in [4.78, 5) is 17.8. The zero-order chi connectivity index (χ0) is 15.4. The number of hydrogen-bond donors (Lipinski definition) is 1. The minimum absolute atomic E-state index is 0.0324. The van der Waals surface area contributed by atoms with Crippen LogP contribution in [-0.4, -0.2) is 17.1 Å². The van der Waals surface area contributed by atoms with Gasteiger partial charge < -0.3 is 5.32 Å². The van der Waals surface area contributed by atoms with Crippen LogP contribution in [0.1, 0.15) is 5.56 Å². The Labute approximate surface area is 133 Å². The number of rotatable bonds is 4. The largest absolute Gasteiger partial charge is 0.326 e. The van der Waals surface area contributed by atoms with E-state index in [4.69, 9.17) is 0 Å². The molecule has 0 aliphatic carbocycles. The number of thioether (sulfide) groups is 1. The van der Waals surface area contributed by atoms with Crippen molar-refractivity contribution in [2.45, 2.75) is 11.3 Å². The Kier molecular flexibility index (Phi) is 4.39. The molecule has 1 heterocycles. The fourth-order valence-electron chi connectivity index (χ4n) is 2.36. The second-order valence-electron chi connectivity index (χ2n) is 4.95. The summed E-state index contributed by atoms with van der Waals surface area (Å²) in [6, 6.07) is 17.7. The smallest absolute Gasteiger partial charge is 0.228 e. The monoisotopic (exact) mass is 308 g/mol. The van der Waals surface area contributed by atoms with Crippen molar-refractivity contribution in [1.29, 1.82) is 0 Å². The van der Waals surface area contributed by atoms with Crippen molar-refractivity contribution in [2.75, 3.05) is 11.6 Å². The molecule has 3 nitrogen and oxygen atoms in total. The van der Waals surface area contributed by atoms with E-state index in [9.17, 15) is 4.79 Å². The number of para-hydroxylation sites is 1. The van der Waals surface area contributed by atoms with Gasteiger partial charge in [-0.2, -0.15) is 0 Å². The number of aromatic nitrogens is 1. The van der Waals surface area contributed by atoms with Crippen LogP contribution in [-0.2, 0) is 11.2 Å². The van der Waals surface area contributed by atoms with Gasteiger partial charge in [0.25, 0.3) is 0 Å². The average molecular weight is 308 g/mol. The van der Waals surface area contributed by atoms with E-state index in [-0.39, 0.29) is 5.91 Å². The molecule has 3 rings (SSSR count). The summed E-state index contributed by atoms with van der Waals surface area (Å²) >= 11 is 1.68. The third kappa shape index (κ3) is 3.28. The number of anilines is 1. The van der Waals surface area contributed by atoms with E-state index in [0.717, 1.165) is 22.2 Å². The Hall–Kier alpha value is -2.33. The molecule has 0 saturated carbocycles. The zero-order valence-electron chi connectivity index (χ0n) is 12.2. The Balaban J connectivity index is 1.75. The number of pyridine rings is 1. The third-order valence-corrected chi connectivity index (χ3v) is 4.18. The highest BCUT2D eigenvalue weighted by molar-refractivity contribution is 7.98. The van der Waals surface area contributed by atoms with Crippen molar-refractivity contribution >= 4 is 34.3 Å². The van der Waals surface area contributed by atoms with Crippen molar-refractivity contribution in [3.63, 3.8) is 0 Å². The second kappa shape index (κ2) is 6.62. The first-order valence-electron chi connectivity index (χ1n) is 7.03. The molecule has 22 heavy (non-hydrogen) atoms. The molecular weight excluding hydrogens is 292 g/mol. The molecule has 0 fully saturated rings. The van der Waals surface area contributed by atoms with E-state index in [2.05, 4.69) is 10.3 Å². The molecular formula is C18H16N2OS.